The predicted molar refractivity (Wildman–Crippen MR) is 101 cm³/mol. The van der Waals surface area contributed by atoms with Gasteiger partial charge in [0.05, 0.1) is 16.4 Å². The van der Waals surface area contributed by atoms with Crippen LogP contribution >= 0.6 is 11.6 Å². The Labute approximate surface area is 146 Å². The summed E-state index contributed by atoms with van der Waals surface area (Å²) in [5.74, 6) is 1.31. The van der Waals surface area contributed by atoms with Crippen LogP contribution in [0.5, 0.6) is 0 Å². The van der Waals surface area contributed by atoms with Crippen LogP contribution in [0.4, 0.5) is 17.5 Å². The number of rotatable bonds is 6. The van der Waals surface area contributed by atoms with Crippen molar-refractivity contribution in [1.29, 1.82) is 0 Å². The van der Waals surface area contributed by atoms with Crippen LogP contribution in [0.15, 0.2) is 60.7 Å². The second-order valence-electron chi connectivity index (χ2n) is 5.36. The summed E-state index contributed by atoms with van der Waals surface area (Å²) < 4.78 is 0. The number of benzene rings is 2. The molecule has 0 bridgehead atoms. The van der Waals surface area contributed by atoms with Gasteiger partial charge in [-0.25, -0.2) is 4.98 Å². The van der Waals surface area contributed by atoms with E-state index in [0.717, 1.165) is 35.7 Å². The molecule has 122 valence electrons. The van der Waals surface area contributed by atoms with Crippen molar-refractivity contribution in [2.45, 2.75) is 13.3 Å². The average molecular weight is 339 g/mol. The zero-order valence-electron chi connectivity index (χ0n) is 13.5. The van der Waals surface area contributed by atoms with E-state index in [1.165, 1.54) is 0 Å². The van der Waals surface area contributed by atoms with Crippen molar-refractivity contribution in [3.63, 3.8) is 0 Å². The molecule has 0 spiro atoms. The van der Waals surface area contributed by atoms with Gasteiger partial charge in [-0.2, -0.15) is 4.98 Å². The summed E-state index contributed by atoms with van der Waals surface area (Å²) in [6, 6.07) is 19.6. The van der Waals surface area contributed by atoms with Crippen molar-refractivity contribution in [3.8, 4) is 11.3 Å². The van der Waals surface area contributed by atoms with Gasteiger partial charge >= 0.3 is 0 Å². The Bertz CT molecular complexity index is 805. The van der Waals surface area contributed by atoms with E-state index in [1.807, 2.05) is 60.7 Å². The molecule has 0 aliphatic rings. The van der Waals surface area contributed by atoms with Crippen LogP contribution in [0, 0.1) is 0 Å². The molecule has 0 amide bonds. The number of hydrogen-bond acceptors (Lipinski definition) is 4. The molecule has 5 heteroatoms. The van der Waals surface area contributed by atoms with Gasteiger partial charge in [0.15, 0.2) is 0 Å². The largest absolute Gasteiger partial charge is 0.370 e. The fourth-order valence-corrected chi connectivity index (χ4v) is 2.47. The Kier molecular flexibility index (Phi) is 5.29. The van der Waals surface area contributed by atoms with Crippen LogP contribution < -0.4 is 10.6 Å². The lowest BCUT2D eigenvalue weighted by molar-refractivity contribution is 0.966. The first kappa shape index (κ1) is 16.3. The minimum Gasteiger partial charge on any atom is -0.370 e. The molecule has 0 unspecified atom stereocenters. The van der Waals surface area contributed by atoms with E-state index in [0.29, 0.717) is 11.0 Å². The first-order valence-electron chi connectivity index (χ1n) is 7.96. The zero-order valence-corrected chi connectivity index (χ0v) is 14.2. The minimum atomic E-state index is 0.517. The van der Waals surface area contributed by atoms with Gasteiger partial charge in [-0.15, -0.1) is 0 Å². The van der Waals surface area contributed by atoms with Gasteiger partial charge in [0, 0.05) is 18.2 Å². The van der Waals surface area contributed by atoms with Crippen LogP contribution in [-0.4, -0.2) is 16.5 Å². The van der Waals surface area contributed by atoms with Gasteiger partial charge in [0.25, 0.3) is 0 Å². The van der Waals surface area contributed by atoms with Crippen molar-refractivity contribution in [1.82, 2.24) is 9.97 Å². The summed E-state index contributed by atoms with van der Waals surface area (Å²) in [5.41, 5.74) is 2.69. The smallest absolute Gasteiger partial charge is 0.229 e. The summed E-state index contributed by atoms with van der Waals surface area (Å²) >= 11 is 6.22. The lowest BCUT2D eigenvalue weighted by Crippen LogP contribution is -2.06. The number of halogens is 1. The summed E-state index contributed by atoms with van der Waals surface area (Å²) in [6.45, 7) is 2.98. The summed E-state index contributed by atoms with van der Waals surface area (Å²) in [7, 11) is 0. The highest BCUT2D eigenvalue weighted by molar-refractivity contribution is 6.33. The number of hydrogen-bond donors (Lipinski definition) is 2. The molecule has 3 rings (SSSR count). The van der Waals surface area contributed by atoms with Crippen LogP contribution in [0.3, 0.4) is 0 Å². The molecule has 0 atom stereocenters. The summed E-state index contributed by atoms with van der Waals surface area (Å²) in [5, 5.41) is 7.16. The van der Waals surface area contributed by atoms with Crippen LogP contribution in [0.2, 0.25) is 5.02 Å². The molecule has 0 saturated heterocycles. The average Bonchev–Trinajstić information content (AvgIpc) is 2.62. The molecule has 2 aromatic carbocycles. The Morgan fingerprint density at radius 2 is 1.71 bits per heavy atom. The quantitative estimate of drug-likeness (QED) is 0.635. The van der Waals surface area contributed by atoms with Crippen LogP contribution in [-0.2, 0) is 0 Å². The first-order valence-corrected chi connectivity index (χ1v) is 8.34. The SMILES string of the molecule is CCCNc1cc(-c2ccccc2)nc(Nc2ccccc2Cl)n1. The van der Waals surface area contributed by atoms with Gasteiger partial charge in [-0.3, -0.25) is 0 Å². The third kappa shape index (κ3) is 4.03. The Morgan fingerprint density at radius 1 is 0.958 bits per heavy atom. The van der Waals surface area contributed by atoms with E-state index < -0.39 is 0 Å². The highest BCUT2D eigenvalue weighted by Crippen LogP contribution is 2.26. The van der Waals surface area contributed by atoms with E-state index >= 15 is 0 Å². The second-order valence-corrected chi connectivity index (χ2v) is 5.77. The van der Waals surface area contributed by atoms with Gasteiger partial charge in [0.2, 0.25) is 5.95 Å². The fraction of sp³-hybridized carbons (Fsp3) is 0.158. The highest BCUT2D eigenvalue weighted by atomic mass is 35.5. The molecule has 24 heavy (non-hydrogen) atoms. The minimum absolute atomic E-state index is 0.517. The van der Waals surface area contributed by atoms with Crippen molar-refractivity contribution in [2.24, 2.45) is 0 Å². The Balaban J connectivity index is 1.97. The molecular weight excluding hydrogens is 320 g/mol. The van der Waals surface area contributed by atoms with Crippen LogP contribution in [0.1, 0.15) is 13.3 Å². The second kappa shape index (κ2) is 7.79. The van der Waals surface area contributed by atoms with Gasteiger partial charge in [0.1, 0.15) is 5.82 Å². The summed E-state index contributed by atoms with van der Waals surface area (Å²) in [6.07, 6.45) is 1.03. The highest BCUT2D eigenvalue weighted by Gasteiger charge is 2.08. The standard InChI is InChI=1S/C19H19ClN4/c1-2-12-21-18-13-17(14-8-4-3-5-9-14)23-19(24-18)22-16-11-7-6-10-15(16)20/h3-11,13H,2,12H2,1H3,(H2,21,22,23,24). The lowest BCUT2D eigenvalue weighted by atomic mass is 10.1. The van der Waals surface area contributed by atoms with Crippen LogP contribution in [0.25, 0.3) is 11.3 Å². The molecule has 2 N–H and O–H groups in total. The maximum absolute atomic E-state index is 6.22. The van der Waals surface area contributed by atoms with Crippen molar-refractivity contribution >= 4 is 29.1 Å². The predicted octanol–water partition coefficient (Wildman–Crippen LogP) is 5.36. The maximum Gasteiger partial charge on any atom is 0.229 e. The number of anilines is 3. The normalized spacial score (nSPS) is 10.4. The Hall–Kier alpha value is -2.59. The van der Waals surface area contributed by atoms with Gasteiger partial charge < -0.3 is 10.6 Å². The van der Waals surface area contributed by atoms with E-state index in [-0.39, 0.29) is 0 Å². The number of aromatic nitrogens is 2. The van der Waals surface area contributed by atoms with E-state index in [4.69, 9.17) is 11.6 Å². The zero-order chi connectivity index (χ0) is 16.8. The molecule has 4 nitrogen and oxygen atoms in total. The van der Waals surface area contributed by atoms with Gasteiger partial charge in [-0.05, 0) is 18.6 Å². The van der Waals surface area contributed by atoms with Crippen molar-refractivity contribution in [3.05, 3.63) is 65.7 Å². The molecule has 0 fully saturated rings. The summed E-state index contributed by atoms with van der Waals surface area (Å²) in [4.78, 5) is 9.17. The lowest BCUT2D eigenvalue weighted by Gasteiger charge is -2.12. The monoisotopic (exact) mass is 338 g/mol. The number of nitrogens with one attached hydrogen (secondary N) is 2. The first-order chi connectivity index (χ1) is 11.8. The van der Waals surface area contributed by atoms with E-state index in [9.17, 15) is 0 Å². The Morgan fingerprint density at radius 3 is 2.46 bits per heavy atom. The molecular formula is C19H19ClN4. The van der Waals surface area contributed by atoms with Gasteiger partial charge in [-0.1, -0.05) is 61.0 Å². The fourth-order valence-electron chi connectivity index (χ4n) is 2.29. The number of para-hydroxylation sites is 1. The third-order valence-corrected chi connectivity index (χ3v) is 3.80. The molecule has 1 heterocycles. The number of nitrogens with zero attached hydrogens (tertiary/aromatic N) is 2. The van der Waals surface area contributed by atoms with Crippen molar-refractivity contribution in [2.75, 3.05) is 17.2 Å². The van der Waals surface area contributed by atoms with E-state index in [2.05, 4.69) is 27.5 Å². The van der Waals surface area contributed by atoms with E-state index in [1.54, 1.807) is 0 Å². The molecule has 0 aliphatic heterocycles. The maximum atomic E-state index is 6.22. The molecule has 0 aliphatic carbocycles. The molecule has 0 radical (unpaired) electrons. The van der Waals surface area contributed by atoms with Crippen molar-refractivity contribution < 1.29 is 0 Å². The molecule has 1 aromatic heterocycles. The third-order valence-electron chi connectivity index (χ3n) is 3.47. The molecule has 0 saturated carbocycles. The molecule has 3 aromatic rings. The topological polar surface area (TPSA) is 49.8 Å².